The van der Waals surface area contributed by atoms with Crippen LogP contribution in [0, 0.1) is 0 Å². The number of hydrogen-bond donors (Lipinski definition) is 1. The number of amides is 1. The Kier molecular flexibility index (Phi) is 6.58. The third kappa shape index (κ3) is 4.94. The molecule has 9 heteroatoms. The Morgan fingerprint density at radius 3 is 2.37 bits per heavy atom. The van der Waals surface area contributed by atoms with Gasteiger partial charge >= 0.3 is 0 Å². The highest BCUT2D eigenvalue weighted by Gasteiger charge is 2.37. The van der Waals surface area contributed by atoms with Gasteiger partial charge in [0.1, 0.15) is 5.75 Å². The van der Waals surface area contributed by atoms with Gasteiger partial charge in [0.05, 0.1) is 17.1 Å². The first-order valence-corrected chi connectivity index (χ1v) is 13.4. The number of hydrogen-bond acceptors (Lipinski definition) is 5. The Bertz CT molecular complexity index is 1310. The number of nitrogens with one attached hydrogen (secondary N) is 1. The summed E-state index contributed by atoms with van der Waals surface area (Å²) >= 11 is 6.15. The van der Waals surface area contributed by atoms with Crippen LogP contribution in [-0.4, -0.2) is 40.1 Å². The van der Waals surface area contributed by atoms with Crippen LogP contribution in [-0.2, 0) is 14.8 Å². The molecule has 1 amide bonds. The summed E-state index contributed by atoms with van der Waals surface area (Å²) in [6.45, 7) is 1.90. The van der Waals surface area contributed by atoms with Crippen LogP contribution in [0.4, 0.5) is 17.1 Å². The van der Waals surface area contributed by atoms with E-state index in [1.165, 1.54) is 41.8 Å². The topological polar surface area (TPSA) is 79.0 Å². The molecule has 0 spiro atoms. The zero-order valence-corrected chi connectivity index (χ0v) is 20.6. The minimum atomic E-state index is -3.94. The smallest absolute Gasteiger partial charge is 0.267 e. The van der Waals surface area contributed by atoms with Gasteiger partial charge in [0, 0.05) is 29.5 Å². The number of ether oxygens (including phenoxy) is 1. The maximum atomic E-state index is 13.5. The van der Waals surface area contributed by atoms with Gasteiger partial charge < -0.3 is 15.0 Å². The van der Waals surface area contributed by atoms with Crippen molar-refractivity contribution in [1.82, 2.24) is 0 Å². The van der Waals surface area contributed by atoms with E-state index in [2.05, 4.69) is 10.2 Å². The van der Waals surface area contributed by atoms with Crippen LogP contribution in [0.2, 0.25) is 5.02 Å². The predicted octanol–water partition coefficient (Wildman–Crippen LogP) is 4.93. The quantitative estimate of drug-likeness (QED) is 0.525. The molecule has 1 fully saturated rings. The summed E-state index contributed by atoms with van der Waals surface area (Å²) in [5, 5.41) is 3.24. The van der Waals surface area contributed by atoms with Gasteiger partial charge in [0.2, 0.25) is 0 Å². The zero-order chi connectivity index (χ0) is 24.4. The largest absolute Gasteiger partial charge is 0.476 e. The minimum Gasteiger partial charge on any atom is -0.476 e. The molecule has 0 saturated carbocycles. The molecule has 2 aliphatic rings. The number of carbonyl (C=O) groups excluding carboxylic acids is 1. The number of carbonyl (C=O) groups is 1. The number of nitrogens with zero attached hydrogens (tertiary/aromatic N) is 2. The minimum absolute atomic E-state index is 0.125. The van der Waals surface area contributed by atoms with Crippen molar-refractivity contribution >= 4 is 44.6 Å². The second kappa shape index (κ2) is 9.79. The van der Waals surface area contributed by atoms with Crippen molar-refractivity contribution in [1.29, 1.82) is 0 Å². The Morgan fingerprint density at radius 2 is 1.66 bits per heavy atom. The van der Waals surface area contributed by atoms with E-state index < -0.39 is 22.0 Å². The molecule has 182 valence electrons. The summed E-state index contributed by atoms with van der Waals surface area (Å²) in [4.78, 5) is 15.6. The van der Waals surface area contributed by atoms with Crippen molar-refractivity contribution in [2.24, 2.45) is 0 Å². The maximum Gasteiger partial charge on any atom is 0.267 e. The van der Waals surface area contributed by atoms with E-state index in [9.17, 15) is 13.2 Å². The van der Waals surface area contributed by atoms with E-state index in [4.69, 9.17) is 16.3 Å². The average Bonchev–Trinajstić information content (AvgIpc) is 2.89. The molecule has 3 aromatic carbocycles. The lowest BCUT2D eigenvalue weighted by molar-refractivity contribution is -0.122. The normalized spacial score (nSPS) is 17.9. The maximum absolute atomic E-state index is 13.5. The molecule has 7 nitrogen and oxygen atoms in total. The Hall–Kier alpha value is -3.23. The fraction of sp³-hybridized carbons (Fsp3) is 0.269. The first kappa shape index (κ1) is 23.5. The number of benzene rings is 3. The summed E-state index contributed by atoms with van der Waals surface area (Å²) in [7, 11) is -3.94. The van der Waals surface area contributed by atoms with E-state index in [1.54, 1.807) is 30.3 Å². The Morgan fingerprint density at radius 1 is 0.943 bits per heavy atom. The zero-order valence-electron chi connectivity index (χ0n) is 19.1. The Balaban J connectivity index is 1.37. The highest BCUT2D eigenvalue weighted by Crippen LogP contribution is 2.39. The summed E-state index contributed by atoms with van der Waals surface area (Å²) in [6.07, 6.45) is 2.60. The average molecular weight is 512 g/mol. The lowest BCUT2D eigenvalue weighted by atomic mass is 10.1. The lowest BCUT2D eigenvalue weighted by Gasteiger charge is -2.35. The van der Waals surface area contributed by atoms with Crippen LogP contribution >= 0.6 is 11.6 Å². The summed E-state index contributed by atoms with van der Waals surface area (Å²) in [5.41, 5.74) is 2.05. The van der Waals surface area contributed by atoms with Gasteiger partial charge in [0.25, 0.3) is 15.9 Å². The summed E-state index contributed by atoms with van der Waals surface area (Å²) in [5.74, 6) is -0.148. The van der Waals surface area contributed by atoms with E-state index in [1.807, 2.05) is 24.3 Å². The van der Waals surface area contributed by atoms with Crippen molar-refractivity contribution in [3.63, 3.8) is 0 Å². The summed E-state index contributed by atoms with van der Waals surface area (Å²) < 4.78 is 34.0. The summed E-state index contributed by atoms with van der Waals surface area (Å²) in [6, 6.07) is 20.5. The van der Waals surface area contributed by atoms with E-state index >= 15 is 0 Å². The number of halogens is 1. The van der Waals surface area contributed by atoms with Gasteiger partial charge in [-0.2, -0.15) is 0 Å². The molecule has 2 heterocycles. The highest BCUT2D eigenvalue weighted by atomic mass is 35.5. The fourth-order valence-electron chi connectivity index (χ4n) is 4.44. The first-order valence-electron chi connectivity index (χ1n) is 11.6. The predicted molar refractivity (Wildman–Crippen MR) is 138 cm³/mol. The second-order valence-electron chi connectivity index (χ2n) is 8.65. The van der Waals surface area contributed by atoms with Crippen LogP contribution in [0.5, 0.6) is 5.75 Å². The SMILES string of the molecule is O=C(Nc1ccc(N2CCCCC2)cc1)[C@@H]1CN(S(=O)(=O)c2ccccc2)c2cc(Cl)ccc2O1. The highest BCUT2D eigenvalue weighted by molar-refractivity contribution is 7.92. The van der Waals surface area contributed by atoms with E-state index in [0.29, 0.717) is 16.4 Å². The fourth-order valence-corrected chi connectivity index (χ4v) is 6.09. The van der Waals surface area contributed by atoms with Crippen LogP contribution in [0.15, 0.2) is 77.7 Å². The monoisotopic (exact) mass is 511 g/mol. The molecule has 0 unspecified atom stereocenters. The van der Waals surface area contributed by atoms with Gasteiger partial charge in [-0.15, -0.1) is 0 Å². The van der Waals surface area contributed by atoms with Gasteiger partial charge in [-0.25, -0.2) is 8.42 Å². The molecule has 0 bridgehead atoms. The molecule has 0 aliphatic carbocycles. The van der Waals surface area contributed by atoms with Crippen LogP contribution in [0.25, 0.3) is 0 Å². The van der Waals surface area contributed by atoms with Crippen LogP contribution in [0.1, 0.15) is 19.3 Å². The van der Waals surface area contributed by atoms with E-state index in [0.717, 1.165) is 18.8 Å². The number of fused-ring (bicyclic) bond motifs is 1. The number of anilines is 3. The van der Waals surface area contributed by atoms with E-state index in [-0.39, 0.29) is 17.2 Å². The second-order valence-corrected chi connectivity index (χ2v) is 11.0. The molecule has 1 saturated heterocycles. The van der Waals surface area contributed by atoms with Crippen LogP contribution < -0.4 is 19.3 Å². The molecule has 35 heavy (non-hydrogen) atoms. The molecule has 3 aromatic rings. The molecular weight excluding hydrogens is 486 g/mol. The molecule has 5 rings (SSSR count). The lowest BCUT2D eigenvalue weighted by Crippen LogP contribution is -2.48. The van der Waals surface area contributed by atoms with Crippen LogP contribution in [0.3, 0.4) is 0 Å². The van der Waals surface area contributed by atoms with Crippen molar-refractivity contribution < 1.29 is 17.9 Å². The van der Waals surface area contributed by atoms with Gasteiger partial charge in [-0.3, -0.25) is 9.10 Å². The Labute approximate surface area is 210 Å². The molecule has 1 atom stereocenters. The number of piperidine rings is 1. The third-order valence-electron chi connectivity index (χ3n) is 6.27. The number of sulfonamides is 1. The molecule has 0 radical (unpaired) electrons. The van der Waals surface area contributed by atoms with Crippen molar-refractivity contribution in [2.45, 2.75) is 30.3 Å². The molecule has 0 aromatic heterocycles. The van der Waals surface area contributed by atoms with Gasteiger partial charge in [-0.1, -0.05) is 29.8 Å². The molecule has 2 aliphatic heterocycles. The van der Waals surface area contributed by atoms with Crippen molar-refractivity contribution in [3.05, 3.63) is 77.8 Å². The molecule has 1 N–H and O–H groups in total. The standard InChI is InChI=1S/C26H26ClN3O4S/c27-19-9-14-24-23(17-19)30(35(32,33)22-7-3-1-4-8-22)18-25(34-24)26(31)28-20-10-12-21(13-11-20)29-15-5-2-6-16-29/h1,3-4,7-14,17,25H,2,5-6,15-16,18H2,(H,28,31)/t25-/m0/s1. The third-order valence-corrected chi connectivity index (χ3v) is 8.30. The van der Waals surface area contributed by atoms with Gasteiger partial charge in [-0.05, 0) is 73.9 Å². The molecular formula is C26H26ClN3O4S. The van der Waals surface area contributed by atoms with Crippen molar-refractivity contribution in [3.8, 4) is 5.75 Å². The van der Waals surface area contributed by atoms with Gasteiger partial charge in [0.15, 0.2) is 6.10 Å². The van der Waals surface area contributed by atoms with Crippen molar-refractivity contribution in [2.75, 3.05) is 34.2 Å². The first-order chi connectivity index (χ1) is 16.9. The number of rotatable bonds is 5.